The number of hydrogen-bond donors (Lipinski definition) is 2. The summed E-state index contributed by atoms with van der Waals surface area (Å²) in [5, 5.41) is 19.7. The van der Waals surface area contributed by atoms with Gasteiger partial charge in [-0.3, -0.25) is 5.10 Å². The summed E-state index contributed by atoms with van der Waals surface area (Å²) < 4.78 is 8.00. The maximum Gasteiger partial charge on any atom is 0.225 e. The molecule has 0 aliphatic heterocycles. The maximum absolute atomic E-state index is 10.3. The molecular weight excluding hydrogens is 503 g/mol. The molecule has 0 saturated carbocycles. The summed E-state index contributed by atoms with van der Waals surface area (Å²) in [6, 6.07) is 18.8. The number of hydrogen-bond acceptors (Lipinski definition) is 5. The molecule has 2 aromatic heterocycles. The minimum Gasteiger partial charge on any atom is -0.480 e. The first kappa shape index (κ1) is 23.5. The zero-order chi connectivity index (χ0) is 24.7. The highest BCUT2D eigenvalue weighted by atomic mass is 35.5. The van der Waals surface area contributed by atoms with Gasteiger partial charge in [0.2, 0.25) is 5.88 Å². The van der Waals surface area contributed by atoms with Crippen LogP contribution in [-0.2, 0) is 13.7 Å². The van der Waals surface area contributed by atoms with Crippen molar-refractivity contribution >= 4 is 46.3 Å². The van der Waals surface area contributed by atoms with Crippen LogP contribution in [0.25, 0.3) is 44.5 Å². The predicted octanol–water partition coefficient (Wildman–Crippen LogP) is 6.83. The molecule has 5 rings (SSSR count). The van der Waals surface area contributed by atoms with Crippen molar-refractivity contribution in [1.29, 1.82) is 0 Å². The Morgan fingerprint density at radius 1 is 0.971 bits per heavy atom. The molecule has 0 fully saturated rings. The largest absolute Gasteiger partial charge is 0.480 e. The van der Waals surface area contributed by atoms with Gasteiger partial charge in [-0.05, 0) is 64.8 Å². The van der Waals surface area contributed by atoms with E-state index in [1.807, 2.05) is 67.7 Å². The first-order valence-electron chi connectivity index (χ1n) is 10.7. The molecule has 0 amide bonds. The van der Waals surface area contributed by atoms with E-state index in [1.54, 1.807) is 11.7 Å². The van der Waals surface area contributed by atoms with Crippen LogP contribution in [0.3, 0.4) is 0 Å². The summed E-state index contributed by atoms with van der Waals surface area (Å²) in [5.74, 6) is 0.955. The van der Waals surface area contributed by atoms with Gasteiger partial charge in [-0.15, -0.1) is 0 Å². The molecule has 35 heavy (non-hydrogen) atoms. The molecule has 0 saturated heterocycles. The third-order valence-electron chi connectivity index (χ3n) is 5.92. The summed E-state index contributed by atoms with van der Waals surface area (Å²) >= 11 is 18.0. The smallest absolute Gasteiger partial charge is 0.225 e. The van der Waals surface area contributed by atoms with Gasteiger partial charge in [0.1, 0.15) is 0 Å². The lowest BCUT2D eigenvalue weighted by Gasteiger charge is -2.20. The van der Waals surface area contributed by atoms with Crippen molar-refractivity contribution in [3.05, 3.63) is 81.0 Å². The normalized spacial score (nSPS) is 11.2. The number of aliphatic hydroxyl groups is 1. The fourth-order valence-corrected chi connectivity index (χ4v) is 4.76. The number of halogens is 2. The van der Waals surface area contributed by atoms with Crippen LogP contribution < -0.4 is 4.74 Å². The Morgan fingerprint density at radius 2 is 1.74 bits per heavy atom. The molecule has 0 aliphatic carbocycles. The van der Waals surface area contributed by atoms with Crippen LogP contribution >= 0.6 is 35.4 Å². The lowest BCUT2D eigenvalue weighted by molar-refractivity contribution is 0.282. The molecule has 0 unspecified atom stereocenters. The van der Waals surface area contributed by atoms with E-state index in [4.69, 9.17) is 45.1 Å². The number of H-pyrrole nitrogens is 1. The lowest BCUT2D eigenvalue weighted by atomic mass is 9.88. The van der Waals surface area contributed by atoms with Crippen molar-refractivity contribution in [3.63, 3.8) is 0 Å². The highest BCUT2D eigenvalue weighted by Gasteiger charge is 2.26. The fourth-order valence-electron chi connectivity index (χ4n) is 4.31. The summed E-state index contributed by atoms with van der Waals surface area (Å²) in [6.45, 7) is -0.156. The number of nitrogens with zero attached hydrogens (tertiary/aromatic N) is 3. The second kappa shape index (κ2) is 9.43. The van der Waals surface area contributed by atoms with Gasteiger partial charge >= 0.3 is 0 Å². The van der Waals surface area contributed by atoms with Gasteiger partial charge in [0, 0.05) is 28.0 Å². The zero-order valence-corrected chi connectivity index (χ0v) is 21.2. The van der Waals surface area contributed by atoms with Crippen LogP contribution in [0.4, 0.5) is 0 Å². The van der Waals surface area contributed by atoms with Crippen molar-refractivity contribution in [2.24, 2.45) is 7.05 Å². The highest BCUT2D eigenvalue weighted by Crippen LogP contribution is 2.46. The highest BCUT2D eigenvalue weighted by molar-refractivity contribution is 7.71. The van der Waals surface area contributed by atoms with Gasteiger partial charge < -0.3 is 14.4 Å². The van der Waals surface area contributed by atoms with Crippen LogP contribution in [0.1, 0.15) is 5.56 Å². The number of ether oxygens (including phenoxy) is 1. The van der Waals surface area contributed by atoms with Gasteiger partial charge in [-0.1, -0.05) is 53.5 Å². The minimum atomic E-state index is -0.156. The summed E-state index contributed by atoms with van der Waals surface area (Å²) in [4.78, 5) is 4.84. The Balaban J connectivity index is 2.05. The molecule has 5 aromatic rings. The van der Waals surface area contributed by atoms with E-state index in [0.717, 1.165) is 33.2 Å². The molecule has 0 spiro atoms. The first-order chi connectivity index (χ1) is 16.9. The molecule has 9 heteroatoms. The number of aromatic amines is 1. The third kappa shape index (κ3) is 4.10. The number of benzene rings is 3. The molecule has 0 atom stereocenters. The van der Waals surface area contributed by atoms with Crippen molar-refractivity contribution < 1.29 is 9.84 Å². The van der Waals surface area contributed by atoms with Gasteiger partial charge in [0.25, 0.3) is 0 Å². The van der Waals surface area contributed by atoms with Crippen LogP contribution in [-0.4, -0.2) is 32.0 Å². The standard InChI is InChI=1S/C26H20Cl2N4O2S/c1-32-24(30-31-26(32)35)23-21(15-4-3-5-18(28)12-15)22-19(29-25(23)34-2)11-8-16(13-33)20(22)14-6-9-17(27)10-7-14/h3-12,33H,13H2,1-2H3,(H,31,35). The summed E-state index contributed by atoms with van der Waals surface area (Å²) in [5.41, 5.74) is 5.48. The summed E-state index contributed by atoms with van der Waals surface area (Å²) in [6.07, 6.45) is 0. The molecule has 176 valence electrons. The number of pyridine rings is 1. The maximum atomic E-state index is 10.3. The van der Waals surface area contributed by atoms with Crippen molar-refractivity contribution in [1.82, 2.24) is 19.7 Å². The Morgan fingerprint density at radius 3 is 2.37 bits per heavy atom. The topological polar surface area (TPSA) is 76.0 Å². The van der Waals surface area contributed by atoms with Gasteiger partial charge in [-0.25, -0.2) is 4.98 Å². The van der Waals surface area contributed by atoms with E-state index < -0.39 is 0 Å². The minimum absolute atomic E-state index is 0.156. The van der Waals surface area contributed by atoms with Gasteiger partial charge in [0.15, 0.2) is 10.6 Å². The number of aromatic nitrogens is 4. The molecule has 0 bridgehead atoms. The number of aliphatic hydroxyl groups excluding tert-OH is 1. The Bertz CT molecular complexity index is 1630. The quantitative estimate of drug-likeness (QED) is 0.247. The second-order valence-corrected chi connectivity index (χ2v) is 9.21. The van der Waals surface area contributed by atoms with E-state index in [0.29, 0.717) is 37.6 Å². The SMILES string of the molecule is COc1nc2ccc(CO)c(-c3ccc(Cl)cc3)c2c(-c2cccc(Cl)c2)c1-c1n[nH]c(=S)n1C. The van der Waals surface area contributed by atoms with E-state index in [-0.39, 0.29) is 6.61 Å². The van der Waals surface area contributed by atoms with E-state index >= 15 is 0 Å². The molecule has 2 heterocycles. The molecule has 2 N–H and O–H groups in total. The van der Waals surface area contributed by atoms with E-state index in [1.165, 1.54) is 0 Å². The summed E-state index contributed by atoms with van der Waals surface area (Å²) in [7, 11) is 3.40. The van der Waals surface area contributed by atoms with Crippen LogP contribution in [0, 0.1) is 4.77 Å². The number of nitrogens with one attached hydrogen (secondary N) is 1. The average Bonchev–Trinajstić information content (AvgIpc) is 3.20. The monoisotopic (exact) mass is 522 g/mol. The predicted molar refractivity (Wildman–Crippen MR) is 142 cm³/mol. The van der Waals surface area contributed by atoms with Crippen molar-refractivity contribution in [3.8, 4) is 39.5 Å². The van der Waals surface area contributed by atoms with Crippen molar-refractivity contribution in [2.45, 2.75) is 6.61 Å². The average molecular weight is 523 g/mol. The number of fused-ring (bicyclic) bond motifs is 1. The molecule has 0 radical (unpaired) electrons. The zero-order valence-electron chi connectivity index (χ0n) is 18.8. The third-order valence-corrected chi connectivity index (χ3v) is 6.77. The first-order valence-corrected chi connectivity index (χ1v) is 11.9. The van der Waals surface area contributed by atoms with Crippen LogP contribution in [0.15, 0.2) is 60.7 Å². The van der Waals surface area contributed by atoms with E-state index in [9.17, 15) is 5.11 Å². The fraction of sp³-hybridized carbons (Fsp3) is 0.115. The van der Waals surface area contributed by atoms with Crippen molar-refractivity contribution in [2.75, 3.05) is 7.11 Å². The second-order valence-electron chi connectivity index (χ2n) is 7.95. The Hall–Kier alpha value is -3.23. The molecule has 6 nitrogen and oxygen atoms in total. The van der Waals surface area contributed by atoms with Crippen LogP contribution in [0.2, 0.25) is 10.0 Å². The molecular formula is C26H20Cl2N4O2S. The number of methoxy groups -OCH3 is 1. The number of rotatable bonds is 5. The Labute approximate surface area is 216 Å². The van der Waals surface area contributed by atoms with Gasteiger partial charge in [-0.2, -0.15) is 5.10 Å². The van der Waals surface area contributed by atoms with Gasteiger partial charge in [0.05, 0.1) is 24.8 Å². The Kier molecular flexibility index (Phi) is 6.34. The van der Waals surface area contributed by atoms with Crippen LogP contribution in [0.5, 0.6) is 5.88 Å². The molecule has 3 aromatic carbocycles. The lowest BCUT2D eigenvalue weighted by Crippen LogP contribution is -2.03. The molecule has 0 aliphatic rings. The van der Waals surface area contributed by atoms with E-state index in [2.05, 4.69) is 10.2 Å².